The molecule has 1 N–H and O–H groups in total. The average Bonchev–Trinajstić information content (AvgIpc) is 2.44. The average molecular weight is 275 g/mol. The molecule has 1 aromatic rings. The Hall–Kier alpha value is -0.860. The van der Waals surface area contributed by atoms with Gasteiger partial charge in [-0.2, -0.15) is 0 Å². The van der Waals surface area contributed by atoms with Crippen molar-refractivity contribution >= 4 is 0 Å². The van der Waals surface area contributed by atoms with E-state index in [1.807, 2.05) is 0 Å². The van der Waals surface area contributed by atoms with Gasteiger partial charge in [0.05, 0.1) is 6.61 Å². The molecule has 1 aliphatic rings. The summed E-state index contributed by atoms with van der Waals surface area (Å²) in [6, 6.07) is 8.85. The highest BCUT2D eigenvalue weighted by Crippen LogP contribution is 2.22. The minimum atomic E-state index is 0.230. The predicted molar refractivity (Wildman–Crippen MR) is 85.0 cm³/mol. The van der Waals surface area contributed by atoms with E-state index in [1.165, 1.54) is 43.5 Å². The molecular formula is C18H29NO. The second-order valence-electron chi connectivity index (χ2n) is 7.00. The Morgan fingerprint density at radius 3 is 2.55 bits per heavy atom. The van der Waals surface area contributed by atoms with Gasteiger partial charge < -0.3 is 10.1 Å². The number of rotatable bonds is 5. The summed E-state index contributed by atoms with van der Waals surface area (Å²) in [6.07, 6.45) is 3.86. The lowest BCUT2D eigenvalue weighted by molar-refractivity contribution is 0.103. The van der Waals surface area contributed by atoms with Gasteiger partial charge in [-0.25, -0.2) is 0 Å². The Morgan fingerprint density at radius 1 is 1.20 bits per heavy atom. The Labute approximate surface area is 123 Å². The van der Waals surface area contributed by atoms with Crippen molar-refractivity contribution in [1.82, 2.24) is 5.32 Å². The van der Waals surface area contributed by atoms with Crippen molar-refractivity contribution in [2.75, 3.05) is 19.7 Å². The van der Waals surface area contributed by atoms with Crippen LogP contribution in [0.3, 0.4) is 0 Å². The highest BCUT2D eigenvalue weighted by molar-refractivity contribution is 5.27. The van der Waals surface area contributed by atoms with E-state index in [2.05, 4.69) is 50.4 Å². The first-order chi connectivity index (χ1) is 9.55. The second kappa shape index (κ2) is 7.24. The van der Waals surface area contributed by atoms with Crippen molar-refractivity contribution in [2.24, 2.45) is 5.92 Å². The summed E-state index contributed by atoms with van der Waals surface area (Å²) in [5.74, 6) is 0.812. The fourth-order valence-electron chi connectivity index (χ4n) is 2.71. The highest BCUT2D eigenvalue weighted by Gasteiger charge is 2.13. The van der Waals surface area contributed by atoms with Gasteiger partial charge in [0.2, 0.25) is 0 Å². The zero-order valence-corrected chi connectivity index (χ0v) is 13.2. The summed E-state index contributed by atoms with van der Waals surface area (Å²) in [4.78, 5) is 0. The van der Waals surface area contributed by atoms with Gasteiger partial charge in [0.15, 0.2) is 0 Å². The van der Waals surface area contributed by atoms with Crippen molar-refractivity contribution in [3.05, 3.63) is 35.4 Å². The molecule has 0 saturated carbocycles. The maximum Gasteiger partial charge on any atom is 0.0716 e. The standard InChI is InChI=1S/C18H29NO/c1-18(2,3)17-8-6-16(7-9-17)14-20-12-10-15-5-4-11-19-13-15/h6-9,15,19H,4-5,10-14H2,1-3H3. The summed E-state index contributed by atoms with van der Waals surface area (Å²) in [6.45, 7) is 10.7. The number of ether oxygens (including phenoxy) is 1. The molecule has 2 heteroatoms. The largest absolute Gasteiger partial charge is 0.377 e. The molecule has 0 radical (unpaired) electrons. The smallest absolute Gasteiger partial charge is 0.0716 e. The van der Waals surface area contributed by atoms with Crippen molar-refractivity contribution in [3.63, 3.8) is 0 Å². The molecule has 0 spiro atoms. The van der Waals surface area contributed by atoms with Gasteiger partial charge in [0.25, 0.3) is 0 Å². The topological polar surface area (TPSA) is 21.3 Å². The van der Waals surface area contributed by atoms with Crippen LogP contribution >= 0.6 is 0 Å². The van der Waals surface area contributed by atoms with Crippen LogP contribution in [0.5, 0.6) is 0 Å². The van der Waals surface area contributed by atoms with Crippen LogP contribution in [0.2, 0.25) is 0 Å². The zero-order chi connectivity index (χ0) is 14.4. The Morgan fingerprint density at radius 2 is 1.95 bits per heavy atom. The second-order valence-corrected chi connectivity index (χ2v) is 7.00. The molecule has 2 rings (SSSR count). The molecule has 0 aromatic heterocycles. The third kappa shape index (κ3) is 4.92. The SMILES string of the molecule is CC(C)(C)c1ccc(COCCC2CCCNC2)cc1. The van der Waals surface area contributed by atoms with E-state index in [9.17, 15) is 0 Å². The van der Waals surface area contributed by atoms with Crippen molar-refractivity contribution in [1.29, 1.82) is 0 Å². The van der Waals surface area contributed by atoms with Crippen LogP contribution in [0.25, 0.3) is 0 Å². The lowest BCUT2D eigenvalue weighted by Crippen LogP contribution is -2.30. The molecule has 1 atom stereocenters. The molecule has 1 saturated heterocycles. The minimum absolute atomic E-state index is 0.230. The zero-order valence-electron chi connectivity index (χ0n) is 13.2. The molecule has 1 aromatic carbocycles. The summed E-state index contributed by atoms with van der Waals surface area (Å²) in [7, 11) is 0. The van der Waals surface area contributed by atoms with E-state index >= 15 is 0 Å². The Balaban J connectivity index is 1.68. The van der Waals surface area contributed by atoms with Crippen molar-refractivity contribution in [2.45, 2.75) is 52.1 Å². The van der Waals surface area contributed by atoms with Gasteiger partial charge in [-0.15, -0.1) is 0 Å². The van der Waals surface area contributed by atoms with Crippen LogP contribution in [0.1, 0.15) is 51.2 Å². The molecule has 0 amide bonds. The van der Waals surface area contributed by atoms with Gasteiger partial charge in [0, 0.05) is 6.61 Å². The van der Waals surface area contributed by atoms with E-state index in [0.717, 1.165) is 19.1 Å². The van der Waals surface area contributed by atoms with Gasteiger partial charge >= 0.3 is 0 Å². The van der Waals surface area contributed by atoms with Crippen LogP contribution in [0, 0.1) is 5.92 Å². The predicted octanol–water partition coefficient (Wildman–Crippen LogP) is 3.89. The maximum absolute atomic E-state index is 5.82. The minimum Gasteiger partial charge on any atom is -0.377 e. The van der Waals surface area contributed by atoms with Crippen LogP contribution < -0.4 is 5.32 Å². The number of hydrogen-bond donors (Lipinski definition) is 1. The molecule has 112 valence electrons. The number of hydrogen-bond acceptors (Lipinski definition) is 2. The fraction of sp³-hybridized carbons (Fsp3) is 0.667. The summed E-state index contributed by atoms with van der Waals surface area (Å²) in [5.41, 5.74) is 2.89. The highest BCUT2D eigenvalue weighted by atomic mass is 16.5. The van der Waals surface area contributed by atoms with Crippen LogP contribution in [0.4, 0.5) is 0 Å². The third-order valence-electron chi connectivity index (χ3n) is 4.16. The molecule has 1 heterocycles. The molecule has 1 aliphatic heterocycles. The third-order valence-corrected chi connectivity index (χ3v) is 4.16. The number of nitrogens with one attached hydrogen (secondary N) is 1. The molecule has 2 nitrogen and oxygen atoms in total. The van der Waals surface area contributed by atoms with Gasteiger partial charge in [0.1, 0.15) is 0 Å². The van der Waals surface area contributed by atoms with Crippen LogP contribution in [-0.4, -0.2) is 19.7 Å². The number of piperidine rings is 1. The maximum atomic E-state index is 5.82. The molecule has 20 heavy (non-hydrogen) atoms. The van der Waals surface area contributed by atoms with E-state index in [0.29, 0.717) is 0 Å². The molecular weight excluding hydrogens is 246 g/mol. The number of benzene rings is 1. The van der Waals surface area contributed by atoms with Gasteiger partial charge in [-0.1, -0.05) is 45.0 Å². The Bertz CT molecular complexity index is 385. The van der Waals surface area contributed by atoms with Gasteiger partial charge in [-0.05, 0) is 54.8 Å². The van der Waals surface area contributed by atoms with E-state index in [-0.39, 0.29) is 5.41 Å². The first kappa shape index (κ1) is 15.5. The summed E-state index contributed by atoms with van der Waals surface area (Å²) < 4.78 is 5.82. The van der Waals surface area contributed by atoms with E-state index in [4.69, 9.17) is 4.74 Å². The molecule has 0 aliphatic carbocycles. The van der Waals surface area contributed by atoms with E-state index < -0.39 is 0 Å². The molecule has 0 bridgehead atoms. The fourth-order valence-corrected chi connectivity index (χ4v) is 2.71. The van der Waals surface area contributed by atoms with Crippen molar-refractivity contribution < 1.29 is 4.74 Å². The monoisotopic (exact) mass is 275 g/mol. The summed E-state index contributed by atoms with van der Waals surface area (Å²) in [5, 5.41) is 3.46. The molecule has 1 unspecified atom stereocenters. The normalized spacial score (nSPS) is 20.1. The van der Waals surface area contributed by atoms with Crippen LogP contribution in [0.15, 0.2) is 24.3 Å². The quantitative estimate of drug-likeness (QED) is 0.823. The van der Waals surface area contributed by atoms with Gasteiger partial charge in [-0.3, -0.25) is 0 Å². The van der Waals surface area contributed by atoms with Crippen LogP contribution in [-0.2, 0) is 16.8 Å². The van der Waals surface area contributed by atoms with E-state index in [1.54, 1.807) is 0 Å². The first-order valence-corrected chi connectivity index (χ1v) is 7.93. The lowest BCUT2D eigenvalue weighted by atomic mass is 9.87. The lowest BCUT2D eigenvalue weighted by Gasteiger charge is -2.22. The first-order valence-electron chi connectivity index (χ1n) is 7.93. The Kier molecular flexibility index (Phi) is 5.62. The van der Waals surface area contributed by atoms with Crippen molar-refractivity contribution in [3.8, 4) is 0 Å². The summed E-state index contributed by atoms with van der Waals surface area (Å²) >= 11 is 0. The molecule has 1 fully saturated rings.